The molecule has 0 unspecified atom stereocenters. The van der Waals surface area contributed by atoms with Crippen LogP contribution in [-0.4, -0.2) is 17.3 Å². The van der Waals surface area contributed by atoms with Crippen molar-refractivity contribution in [3.63, 3.8) is 0 Å². The van der Waals surface area contributed by atoms with Crippen LogP contribution in [0.3, 0.4) is 0 Å². The van der Waals surface area contributed by atoms with Crippen LogP contribution in [-0.2, 0) is 0 Å². The molecule has 0 fully saturated rings. The normalized spacial score (nSPS) is 15.9. The van der Waals surface area contributed by atoms with Gasteiger partial charge in [0.15, 0.2) is 0 Å². The molecule has 0 atom stereocenters. The third-order valence-electron chi connectivity index (χ3n) is 1.12. The van der Waals surface area contributed by atoms with E-state index in [-0.39, 0.29) is 24.0 Å². The summed E-state index contributed by atoms with van der Waals surface area (Å²) >= 11 is 1.87. The largest absolute Gasteiger partial charge is 0.367 e. The van der Waals surface area contributed by atoms with Gasteiger partial charge in [-0.1, -0.05) is 6.92 Å². The van der Waals surface area contributed by atoms with E-state index in [1.165, 1.54) is 13.0 Å². The zero-order valence-electron chi connectivity index (χ0n) is 5.54. The van der Waals surface area contributed by atoms with Crippen LogP contribution in [0.5, 0.6) is 0 Å². The van der Waals surface area contributed by atoms with E-state index in [9.17, 15) is 0 Å². The van der Waals surface area contributed by atoms with Gasteiger partial charge in [-0.2, -0.15) is 0 Å². The summed E-state index contributed by atoms with van der Waals surface area (Å²) in [5.74, 6) is 1.16. The first-order chi connectivity index (χ1) is 3.93. The minimum Gasteiger partial charge on any atom is -0.367 e. The van der Waals surface area contributed by atoms with Gasteiger partial charge in [0.2, 0.25) is 0 Å². The number of nitrogens with zero attached hydrogens (tertiary/aromatic N) is 1. The summed E-state index contributed by atoms with van der Waals surface area (Å²) in [6.07, 6.45) is 3.42. The maximum absolute atomic E-state index is 2.32. The minimum absolute atomic E-state index is 0. The van der Waals surface area contributed by atoms with E-state index in [0.717, 1.165) is 5.88 Å². The van der Waals surface area contributed by atoms with Crippen LogP contribution < -0.4 is 0 Å². The van der Waals surface area contributed by atoms with Crippen molar-refractivity contribution < 1.29 is 0 Å². The number of rotatable bonds is 2. The van der Waals surface area contributed by atoms with Crippen LogP contribution in [0.15, 0.2) is 11.6 Å². The lowest BCUT2D eigenvalue weighted by atomic mass is 10.5. The molecule has 0 aromatic carbocycles. The summed E-state index contributed by atoms with van der Waals surface area (Å²) in [6, 6.07) is 0. The number of hydrogen-bond donors (Lipinski definition) is 0. The Hall–Kier alpha value is 0.620. The Morgan fingerprint density at radius 2 is 2.44 bits per heavy atom. The maximum atomic E-state index is 2.32. The first-order valence-corrected chi connectivity index (χ1v) is 4.00. The molecule has 0 aromatic rings. The quantitative estimate of drug-likeness (QED) is 0.699. The molecule has 1 aliphatic rings. The minimum atomic E-state index is 0. The number of hydrogen-bond acceptors (Lipinski definition) is 2. The fourth-order valence-corrected chi connectivity index (χ4v) is 1.49. The summed E-state index contributed by atoms with van der Waals surface area (Å²) < 4.78 is 0. The Balaban J connectivity index is 0.000000640. The summed E-state index contributed by atoms with van der Waals surface area (Å²) in [5.41, 5.74) is 0. The molecule has 9 heavy (non-hydrogen) atoms. The van der Waals surface area contributed by atoms with Crippen molar-refractivity contribution in [2.45, 2.75) is 13.3 Å². The lowest BCUT2D eigenvalue weighted by molar-refractivity contribution is 0.445. The summed E-state index contributed by atoms with van der Waals surface area (Å²) in [6.45, 7) is 3.42. The van der Waals surface area contributed by atoms with Crippen molar-refractivity contribution in [2.24, 2.45) is 0 Å². The molecule has 54 valence electrons. The predicted octanol–water partition coefficient (Wildman–Crippen LogP) is 2.49. The number of thioether (sulfide) groups is 1. The van der Waals surface area contributed by atoms with E-state index in [4.69, 9.17) is 0 Å². The first kappa shape index (κ1) is 9.62. The highest BCUT2D eigenvalue weighted by atomic mass is 127. The van der Waals surface area contributed by atoms with Gasteiger partial charge in [-0.15, -0.1) is 35.7 Å². The monoisotopic (exact) mass is 257 g/mol. The van der Waals surface area contributed by atoms with Gasteiger partial charge in [0.05, 0.1) is 5.88 Å². The highest BCUT2D eigenvalue weighted by molar-refractivity contribution is 14.0. The third kappa shape index (κ3) is 3.35. The molecule has 0 radical (unpaired) electrons. The van der Waals surface area contributed by atoms with Gasteiger partial charge in [0.25, 0.3) is 0 Å². The Kier molecular flexibility index (Phi) is 5.78. The highest BCUT2D eigenvalue weighted by Gasteiger charge is 2.00. The molecule has 1 heterocycles. The second-order valence-corrected chi connectivity index (χ2v) is 2.76. The van der Waals surface area contributed by atoms with E-state index in [2.05, 4.69) is 23.4 Å². The molecule has 0 saturated heterocycles. The highest BCUT2D eigenvalue weighted by Crippen LogP contribution is 2.14. The van der Waals surface area contributed by atoms with Crippen molar-refractivity contribution in [1.82, 2.24) is 4.90 Å². The average molecular weight is 257 g/mol. The molecule has 0 bridgehead atoms. The van der Waals surface area contributed by atoms with Crippen molar-refractivity contribution in [1.29, 1.82) is 0 Å². The fraction of sp³-hybridized carbons (Fsp3) is 0.667. The molecule has 0 aliphatic carbocycles. The molecule has 0 N–H and O–H groups in total. The van der Waals surface area contributed by atoms with Crippen LogP contribution in [0, 0.1) is 0 Å². The summed E-state index contributed by atoms with van der Waals surface area (Å²) in [5, 5.41) is 2.15. The standard InChI is InChI=1S/C6H11NS.HI/c1-2-3-7-4-5-8-6-7;/h4-5H,2-3,6H2,1H3;1H. The van der Waals surface area contributed by atoms with E-state index in [0.29, 0.717) is 0 Å². The zero-order chi connectivity index (χ0) is 5.82. The van der Waals surface area contributed by atoms with E-state index in [1.54, 1.807) is 0 Å². The van der Waals surface area contributed by atoms with Gasteiger partial charge in [-0.05, 0) is 11.8 Å². The van der Waals surface area contributed by atoms with Gasteiger partial charge in [0, 0.05) is 12.7 Å². The Bertz CT molecular complexity index is 95.1. The van der Waals surface area contributed by atoms with E-state index in [1.807, 2.05) is 11.8 Å². The Morgan fingerprint density at radius 3 is 2.89 bits per heavy atom. The second-order valence-electron chi connectivity index (χ2n) is 1.89. The van der Waals surface area contributed by atoms with E-state index >= 15 is 0 Å². The van der Waals surface area contributed by atoms with Crippen molar-refractivity contribution in [3.8, 4) is 0 Å². The van der Waals surface area contributed by atoms with Crippen LogP contribution in [0.4, 0.5) is 0 Å². The topological polar surface area (TPSA) is 3.24 Å². The molecule has 3 heteroatoms. The number of halogens is 1. The molecule has 0 aromatic heterocycles. The van der Waals surface area contributed by atoms with Crippen LogP contribution >= 0.6 is 35.7 Å². The molecule has 0 spiro atoms. The summed E-state index contributed by atoms with van der Waals surface area (Å²) in [7, 11) is 0. The molecular weight excluding hydrogens is 245 g/mol. The van der Waals surface area contributed by atoms with Crippen molar-refractivity contribution >= 4 is 35.7 Å². The SMILES string of the molecule is CCCN1C=CSC1.I. The lowest BCUT2D eigenvalue weighted by Crippen LogP contribution is -2.13. The molecule has 0 amide bonds. The fourth-order valence-electron chi connectivity index (χ4n) is 0.737. The Labute approximate surface area is 77.9 Å². The molecular formula is C6H12INS. The predicted molar refractivity (Wildman–Crippen MR) is 54.0 cm³/mol. The smallest absolute Gasteiger partial charge is 0.0675 e. The molecule has 0 saturated carbocycles. The third-order valence-corrected chi connectivity index (χ3v) is 1.91. The van der Waals surface area contributed by atoms with Crippen LogP contribution in [0.25, 0.3) is 0 Å². The molecule has 1 nitrogen and oxygen atoms in total. The van der Waals surface area contributed by atoms with Crippen LogP contribution in [0.2, 0.25) is 0 Å². The Morgan fingerprint density at radius 1 is 1.67 bits per heavy atom. The summed E-state index contributed by atoms with van der Waals surface area (Å²) in [4.78, 5) is 2.32. The average Bonchev–Trinajstić information content (AvgIpc) is 2.19. The van der Waals surface area contributed by atoms with Crippen molar-refractivity contribution in [2.75, 3.05) is 12.4 Å². The van der Waals surface area contributed by atoms with E-state index < -0.39 is 0 Å². The van der Waals surface area contributed by atoms with Gasteiger partial charge in [0.1, 0.15) is 0 Å². The first-order valence-electron chi connectivity index (χ1n) is 2.96. The maximum Gasteiger partial charge on any atom is 0.0675 e. The van der Waals surface area contributed by atoms with Gasteiger partial charge in [-0.25, -0.2) is 0 Å². The lowest BCUT2D eigenvalue weighted by Gasteiger charge is -2.11. The van der Waals surface area contributed by atoms with Gasteiger partial charge in [-0.3, -0.25) is 0 Å². The zero-order valence-corrected chi connectivity index (χ0v) is 8.69. The van der Waals surface area contributed by atoms with Crippen molar-refractivity contribution in [3.05, 3.63) is 11.6 Å². The van der Waals surface area contributed by atoms with Crippen LogP contribution in [0.1, 0.15) is 13.3 Å². The van der Waals surface area contributed by atoms with Gasteiger partial charge < -0.3 is 4.90 Å². The van der Waals surface area contributed by atoms with Gasteiger partial charge >= 0.3 is 0 Å². The molecule has 1 aliphatic heterocycles. The second kappa shape index (κ2) is 5.41. The molecule has 1 rings (SSSR count).